The Morgan fingerprint density at radius 1 is 1.42 bits per heavy atom. The van der Waals surface area contributed by atoms with Crippen LogP contribution in [0.2, 0.25) is 0 Å². The smallest absolute Gasteiger partial charge is 0.168 e. The molecule has 60 valence electrons. The predicted octanol–water partition coefficient (Wildman–Crippen LogP) is 1.06. The van der Waals surface area contributed by atoms with Gasteiger partial charge in [-0.25, -0.2) is 0 Å². The summed E-state index contributed by atoms with van der Waals surface area (Å²) in [4.78, 5) is 14.6. The number of nitrogens with one attached hydrogen (secondary N) is 1. The van der Waals surface area contributed by atoms with E-state index in [0.717, 1.165) is 17.5 Å². The van der Waals surface area contributed by atoms with Crippen LogP contribution in [-0.2, 0) is 4.79 Å². The summed E-state index contributed by atoms with van der Waals surface area (Å²) < 4.78 is 0. The van der Waals surface area contributed by atoms with Gasteiger partial charge in [0.25, 0.3) is 0 Å². The van der Waals surface area contributed by atoms with Gasteiger partial charge in [0.2, 0.25) is 0 Å². The molecule has 0 atom stereocenters. The van der Waals surface area contributed by atoms with Crippen molar-refractivity contribution >= 4 is 17.7 Å². The van der Waals surface area contributed by atoms with Gasteiger partial charge in [0.1, 0.15) is 12.4 Å². The van der Waals surface area contributed by atoms with Crippen molar-refractivity contribution in [2.75, 3.05) is 12.0 Å². The second-order valence-corrected chi connectivity index (χ2v) is 2.54. The minimum Gasteiger partial charge on any atom is -0.366 e. The van der Waals surface area contributed by atoms with E-state index in [0.29, 0.717) is 12.4 Å². The van der Waals surface area contributed by atoms with Crippen LogP contribution in [0.3, 0.4) is 0 Å². The molecule has 3 heteroatoms. The number of rotatable bonds is 1. The van der Waals surface area contributed by atoms with Crippen LogP contribution in [0.1, 0.15) is 5.56 Å². The minimum atomic E-state index is 0.491. The zero-order valence-electron chi connectivity index (χ0n) is 6.45. The van der Waals surface area contributed by atoms with Gasteiger partial charge in [0.15, 0.2) is 6.29 Å². The van der Waals surface area contributed by atoms with E-state index in [2.05, 4.69) is 10.3 Å². The zero-order chi connectivity index (χ0) is 8.39. The lowest BCUT2D eigenvalue weighted by atomic mass is 10.1. The Bertz CT molecular complexity index is 344. The molecule has 0 saturated carbocycles. The van der Waals surface area contributed by atoms with Gasteiger partial charge in [-0.05, 0) is 6.07 Å². The second kappa shape index (κ2) is 2.77. The molecule has 0 amide bonds. The van der Waals surface area contributed by atoms with E-state index in [1.807, 2.05) is 24.3 Å². The maximum atomic E-state index is 10.6. The SMILES string of the molecule is O=CC1=NCNc2ccccc21. The van der Waals surface area contributed by atoms with Gasteiger partial charge in [0.05, 0.1) is 0 Å². The fraction of sp³-hybridized carbons (Fsp3) is 0.111. The molecule has 0 fully saturated rings. The minimum absolute atomic E-state index is 0.491. The highest BCUT2D eigenvalue weighted by Crippen LogP contribution is 2.17. The number of carbonyl (C=O) groups is 1. The Morgan fingerprint density at radius 2 is 2.25 bits per heavy atom. The van der Waals surface area contributed by atoms with Crippen molar-refractivity contribution < 1.29 is 4.79 Å². The number of hydrogen-bond donors (Lipinski definition) is 1. The number of hydrogen-bond acceptors (Lipinski definition) is 3. The summed E-state index contributed by atoms with van der Waals surface area (Å²) in [6.07, 6.45) is 0.791. The third-order valence-corrected chi connectivity index (χ3v) is 1.83. The van der Waals surface area contributed by atoms with Crippen LogP contribution in [0, 0.1) is 0 Å². The summed E-state index contributed by atoms with van der Waals surface area (Å²) in [5.74, 6) is 0. The van der Waals surface area contributed by atoms with Gasteiger partial charge in [0, 0.05) is 11.3 Å². The van der Waals surface area contributed by atoms with E-state index in [1.165, 1.54) is 0 Å². The molecule has 1 aliphatic heterocycles. The van der Waals surface area contributed by atoms with Gasteiger partial charge >= 0.3 is 0 Å². The average Bonchev–Trinajstić information content (AvgIpc) is 2.17. The van der Waals surface area contributed by atoms with Crippen molar-refractivity contribution in [3.8, 4) is 0 Å². The Morgan fingerprint density at radius 3 is 3.08 bits per heavy atom. The second-order valence-electron chi connectivity index (χ2n) is 2.54. The standard InChI is InChI=1S/C9H8N2O/c12-5-9-7-3-1-2-4-8(7)10-6-11-9/h1-5,10H,6H2. The summed E-state index contributed by atoms with van der Waals surface area (Å²) in [5.41, 5.74) is 2.40. The Hall–Kier alpha value is -1.64. The average molecular weight is 160 g/mol. The Balaban J connectivity index is 2.55. The molecule has 0 spiro atoms. The van der Waals surface area contributed by atoms with E-state index in [1.54, 1.807) is 0 Å². The molecule has 1 heterocycles. The molecule has 0 bridgehead atoms. The number of aliphatic imine (C=N–C) groups is 1. The molecule has 1 N–H and O–H groups in total. The molecular weight excluding hydrogens is 152 g/mol. The molecule has 2 rings (SSSR count). The molecule has 1 aromatic rings. The molecule has 0 aromatic heterocycles. The third-order valence-electron chi connectivity index (χ3n) is 1.83. The monoisotopic (exact) mass is 160 g/mol. The Kier molecular flexibility index (Phi) is 1.63. The summed E-state index contributed by atoms with van der Waals surface area (Å²) in [7, 11) is 0. The summed E-state index contributed by atoms with van der Waals surface area (Å²) in [6.45, 7) is 0.491. The lowest BCUT2D eigenvalue weighted by molar-refractivity contribution is -0.102. The number of para-hydroxylation sites is 1. The Labute approximate surface area is 70.1 Å². The normalized spacial score (nSPS) is 14.2. The van der Waals surface area contributed by atoms with Gasteiger partial charge in [-0.2, -0.15) is 0 Å². The molecule has 3 nitrogen and oxygen atoms in total. The molecular formula is C9H8N2O. The molecule has 0 unspecified atom stereocenters. The van der Waals surface area contributed by atoms with Crippen molar-refractivity contribution in [1.82, 2.24) is 0 Å². The fourth-order valence-electron chi connectivity index (χ4n) is 1.26. The first-order valence-corrected chi connectivity index (χ1v) is 3.75. The summed E-state index contributed by atoms with van der Waals surface area (Å²) >= 11 is 0. The summed E-state index contributed by atoms with van der Waals surface area (Å²) in [5, 5.41) is 3.08. The van der Waals surface area contributed by atoms with Crippen molar-refractivity contribution in [3.63, 3.8) is 0 Å². The van der Waals surface area contributed by atoms with Crippen molar-refractivity contribution in [2.45, 2.75) is 0 Å². The molecule has 1 aromatic carbocycles. The number of carbonyl (C=O) groups excluding carboxylic acids is 1. The molecule has 0 saturated heterocycles. The van der Waals surface area contributed by atoms with Gasteiger partial charge in [-0.3, -0.25) is 9.79 Å². The fourth-order valence-corrected chi connectivity index (χ4v) is 1.26. The number of anilines is 1. The van der Waals surface area contributed by atoms with E-state index >= 15 is 0 Å². The molecule has 12 heavy (non-hydrogen) atoms. The number of benzene rings is 1. The highest BCUT2D eigenvalue weighted by Gasteiger charge is 2.10. The highest BCUT2D eigenvalue weighted by molar-refractivity contribution is 6.38. The lowest BCUT2D eigenvalue weighted by Crippen LogP contribution is -2.15. The van der Waals surface area contributed by atoms with Crippen LogP contribution in [0.5, 0.6) is 0 Å². The van der Waals surface area contributed by atoms with E-state index in [4.69, 9.17) is 0 Å². The number of fused-ring (bicyclic) bond motifs is 1. The van der Waals surface area contributed by atoms with E-state index < -0.39 is 0 Å². The van der Waals surface area contributed by atoms with E-state index in [9.17, 15) is 4.79 Å². The van der Waals surface area contributed by atoms with Crippen LogP contribution >= 0.6 is 0 Å². The van der Waals surface area contributed by atoms with E-state index in [-0.39, 0.29) is 0 Å². The molecule has 0 aliphatic carbocycles. The van der Waals surface area contributed by atoms with Gasteiger partial charge in [-0.1, -0.05) is 18.2 Å². The molecule has 0 radical (unpaired) electrons. The maximum Gasteiger partial charge on any atom is 0.168 e. The summed E-state index contributed by atoms with van der Waals surface area (Å²) in [6, 6.07) is 7.65. The van der Waals surface area contributed by atoms with Crippen LogP contribution in [0.4, 0.5) is 5.69 Å². The quantitative estimate of drug-likeness (QED) is 0.624. The van der Waals surface area contributed by atoms with Crippen LogP contribution in [0.25, 0.3) is 0 Å². The lowest BCUT2D eigenvalue weighted by Gasteiger charge is -2.14. The largest absolute Gasteiger partial charge is 0.366 e. The number of nitrogens with zero attached hydrogens (tertiary/aromatic N) is 1. The van der Waals surface area contributed by atoms with Crippen LogP contribution < -0.4 is 5.32 Å². The molecule has 1 aliphatic rings. The van der Waals surface area contributed by atoms with Crippen LogP contribution in [-0.4, -0.2) is 18.7 Å². The van der Waals surface area contributed by atoms with Gasteiger partial charge in [-0.15, -0.1) is 0 Å². The predicted molar refractivity (Wildman–Crippen MR) is 47.5 cm³/mol. The first-order valence-electron chi connectivity index (χ1n) is 3.75. The first-order chi connectivity index (χ1) is 5.92. The highest BCUT2D eigenvalue weighted by atomic mass is 16.1. The third kappa shape index (κ3) is 0.993. The first kappa shape index (κ1) is 7.03. The van der Waals surface area contributed by atoms with Crippen LogP contribution in [0.15, 0.2) is 29.3 Å². The van der Waals surface area contributed by atoms with Crippen molar-refractivity contribution in [2.24, 2.45) is 4.99 Å². The zero-order valence-corrected chi connectivity index (χ0v) is 6.45. The maximum absolute atomic E-state index is 10.6. The topological polar surface area (TPSA) is 41.5 Å². The van der Waals surface area contributed by atoms with Gasteiger partial charge < -0.3 is 5.32 Å². The van der Waals surface area contributed by atoms with Crippen molar-refractivity contribution in [1.29, 1.82) is 0 Å². The van der Waals surface area contributed by atoms with Crippen molar-refractivity contribution in [3.05, 3.63) is 29.8 Å². The number of aldehydes is 1.